The van der Waals surface area contributed by atoms with Crippen LogP contribution in [0.3, 0.4) is 0 Å². The van der Waals surface area contributed by atoms with Crippen LogP contribution in [0.1, 0.15) is 24.2 Å². The van der Waals surface area contributed by atoms with Crippen LogP contribution in [-0.2, 0) is 29.1 Å². The van der Waals surface area contributed by atoms with Crippen molar-refractivity contribution in [2.24, 2.45) is 5.92 Å². The summed E-state index contributed by atoms with van der Waals surface area (Å²) in [6.07, 6.45) is 6.04. The summed E-state index contributed by atoms with van der Waals surface area (Å²) in [4.78, 5) is 29.7. The highest BCUT2D eigenvalue weighted by Crippen LogP contribution is 2.16. The van der Waals surface area contributed by atoms with Gasteiger partial charge < -0.3 is 14.8 Å². The van der Waals surface area contributed by atoms with Crippen LogP contribution in [0.25, 0.3) is 0 Å². The minimum absolute atomic E-state index is 0.0302. The van der Waals surface area contributed by atoms with Gasteiger partial charge in [0.15, 0.2) is 0 Å². The largest absolute Gasteiger partial charge is 0.349 e. The molecule has 0 unspecified atom stereocenters. The monoisotopic (exact) mass is 340 g/mol. The molecule has 1 aliphatic rings. The molecular formula is C19H24N4O2. The zero-order chi connectivity index (χ0) is 17.6. The lowest BCUT2D eigenvalue weighted by molar-refractivity contribution is -0.128. The Morgan fingerprint density at radius 3 is 2.84 bits per heavy atom. The number of hydrogen-bond acceptors (Lipinski definition) is 3. The number of aromatic nitrogens is 2. The van der Waals surface area contributed by atoms with E-state index in [1.54, 1.807) is 18.1 Å². The number of carbonyl (C=O) groups is 2. The van der Waals surface area contributed by atoms with E-state index in [0.29, 0.717) is 19.5 Å². The first-order valence-corrected chi connectivity index (χ1v) is 8.69. The minimum atomic E-state index is -0.251. The molecule has 0 saturated carbocycles. The first kappa shape index (κ1) is 17.2. The van der Waals surface area contributed by atoms with E-state index >= 15 is 0 Å². The van der Waals surface area contributed by atoms with Crippen LogP contribution < -0.4 is 5.32 Å². The van der Waals surface area contributed by atoms with Crippen molar-refractivity contribution in [2.45, 2.75) is 32.4 Å². The molecule has 25 heavy (non-hydrogen) atoms. The van der Waals surface area contributed by atoms with E-state index in [4.69, 9.17) is 0 Å². The topological polar surface area (TPSA) is 67.2 Å². The summed E-state index contributed by atoms with van der Waals surface area (Å²) < 4.78 is 2.08. The SMILES string of the molecule is CN1C[C@@H](C(=O)NCc2nccn2CCCc2ccccc2)CC1=O. The van der Waals surface area contributed by atoms with E-state index in [9.17, 15) is 9.59 Å². The molecule has 1 N–H and O–H groups in total. The van der Waals surface area contributed by atoms with Crippen molar-refractivity contribution in [1.82, 2.24) is 19.8 Å². The summed E-state index contributed by atoms with van der Waals surface area (Å²) in [5.41, 5.74) is 1.33. The molecule has 2 heterocycles. The van der Waals surface area contributed by atoms with E-state index in [1.165, 1.54) is 5.56 Å². The first-order valence-electron chi connectivity index (χ1n) is 8.69. The van der Waals surface area contributed by atoms with E-state index in [2.05, 4.69) is 39.1 Å². The third-order valence-corrected chi connectivity index (χ3v) is 4.64. The molecule has 1 atom stereocenters. The highest BCUT2D eigenvalue weighted by atomic mass is 16.2. The first-order chi connectivity index (χ1) is 12.1. The number of imidazole rings is 1. The second-order valence-corrected chi connectivity index (χ2v) is 6.52. The van der Waals surface area contributed by atoms with Gasteiger partial charge in [0.25, 0.3) is 0 Å². The van der Waals surface area contributed by atoms with Crippen molar-refractivity contribution in [3.8, 4) is 0 Å². The second-order valence-electron chi connectivity index (χ2n) is 6.52. The molecule has 1 saturated heterocycles. The Balaban J connectivity index is 1.47. The van der Waals surface area contributed by atoms with Gasteiger partial charge in [-0.05, 0) is 18.4 Å². The number of nitrogens with one attached hydrogen (secondary N) is 1. The predicted molar refractivity (Wildman–Crippen MR) is 94.6 cm³/mol. The highest BCUT2D eigenvalue weighted by Gasteiger charge is 2.31. The molecule has 1 aliphatic heterocycles. The Morgan fingerprint density at radius 1 is 1.32 bits per heavy atom. The molecular weight excluding hydrogens is 316 g/mol. The van der Waals surface area contributed by atoms with Gasteiger partial charge in [0.1, 0.15) is 5.82 Å². The summed E-state index contributed by atoms with van der Waals surface area (Å²) in [6, 6.07) is 10.4. The van der Waals surface area contributed by atoms with Gasteiger partial charge in [-0.25, -0.2) is 4.98 Å². The van der Waals surface area contributed by atoms with E-state index in [-0.39, 0.29) is 17.7 Å². The van der Waals surface area contributed by atoms with Crippen molar-refractivity contribution in [3.63, 3.8) is 0 Å². The summed E-state index contributed by atoms with van der Waals surface area (Å²) in [5, 5.41) is 2.92. The minimum Gasteiger partial charge on any atom is -0.349 e. The molecule has 0 spiro atoms. The number of likely N-dealkylation sites (tertiary alicyclic amines) is 1. The Labute approximate surface area is 147 Å². The summed E-state index contributed by atoms with van der Waals surface area (Å²) in [6.45, 7) is 1.76. The van der Waals surface area contributed by atoms with Crippen LogP contribution in [-0.4, -0.2) is 39.9 Å². The van der Waals surface area contributed by atoms with Crippen molar-refractivity contribution in [2.75, 3.05) is 13.6 Å². The van der Waals surface area contributed by atoms with Crippen LogP contribution in [0.4, 0.5) is 0 Å². The smallest absolute Gasteiger partial charge is 0.225 e. The quantitative estimate of drug-likeness (QED) is 0.833. The number of aryl methyl sites for hydroxylation is 2. The van der Waals surface area contributed by atoms with Crippen molar-refractivity contribution in [3.05, 3.63) is 54.1 Å². The third kappa shape index (κ3) is 4.47. The van der Waals surface area contributed by atoms with Crippen LogP contribution in [0.2, 0.25) is 0 Å². The summed E-state index contributed by atoms with van der Waals surface area (Å²) in [5.74, 6) is 0.553. The Kier molecular flexibility index (Phi) is 5.48. The highest BCUT2D eigenvalue weighted by molar-refractivity contribution is 5.89. The number of benzene rings is 1. The maximum absolute atomic E-state index is 12.2. The average Bonchev–Trinajstić information content (AvgIpc) is 3.20. The third-order valence-electron chi connectivity index (χ3n) is 4.64. The lowest BCUT2D eigenvalue weighted by Crippen LogP contribution is -2.32. The number of nitrogens with zero attached hydrogens (tertiary/aromatic N) is 3. The zero-order valence-corrected chi connectivity index (χ0v) is 14.5. The molecule has 3 rings (SSSR count). The molecule has 132 valence electrons. The van der Waals surface area contributed by atoms with Crippen LogP contribution in [0, 0.1) is 5.92 Å². The standard InChI is InChI=1S/C19H24N4O2/c1-22-14-16(12-18(22)24)19(25)21-13-17-20-9-11-23(17)10-5-8-15-6-3-2-4-7-15/h2-4,6-7,9,11,16H,5,8,10,12-14H2,1H3,(H,21,25)/t16-/m0/s1. The molecule has 6 nitrogen and oxygen atoms in total. The Morgan fingerprint density at radius 2 is 2.12 bits per heavy atom. The molecule has 2 aromatic rings. The Hall–Kier alpha value is -2.63. The van der Waals surface area contributed by atoms with Crippen LogP contribution in [0.5, 0.6) is 0 Å². The van der Waals surface area contributed by atoms with Gasteiger partial charge in [-0.15, -0.1) is 0 Å². The van der Waals surface area contributed by atoms with Gasteiger partial charge >= 0.3 is 0 Å². The van der Waals surface area contributed by atoms with Crippen molar-refractivity contribution < 1.29 is 9.59 Å². The Bertz CT molecular complexity index is 726. The van der Waals surface area contributed by atoms with E-state index < -0.39 is 0 Å². The molecule has 0 bridgehead atoms. The normalized spacial score (nSPS) is 17.1. The molecule has 1 aromatic carbocycles. The van der Waals surface area contributed by atoms with Gasteiger partial charge in [-0.1, -0.05) is 30.3 Å². The number of rotatable bonds is 7. The van der Waals surface area contributed by atoms with Crippen LogP contribution in [0.15, 0.2) is 42.7 Å². The maximum atomic E-state index is 12.2. The summed E-state index contributed by atoms with van der Waals surface area (Å²) in [7, 11) is 1.73. The van der Waals surface area contributed by atoms with Crippen molar-refractivity contribution >= 4 is 11.8 Å². The molecule has 1 fully saturated rings. The average molecular weight is 340 g/mol. The van der Waals surface area contributed by atoms with Crippen molar-refractivity contribution in [1.29, 1.82) is 0 Å². The summed E-state index contributed by atoms with van der Waals surface area (Å²) >= 11 is 0. The molecule has 0 radical (unpaired) electrons. The fourth-order valence-electron chi connectivity index (χ4n) is 3.16. The zero-order valence-electron chi connectivity index (χ0n) is 14.5. The number of hydrogen-bond donors (Lipinski definition) is 1. The predicted octanol–water partition coefficient (Wildman–Crippen LogP) is 1.61. The second kappa shape index (κ2) is 7.96. The van der Waals surface area contributed by atoms with Gasteiger partial charge in [0, 0.05) is 39.0 Å². The van der Waals surface area contributed by atoms with Crippen LogP contribution >= 0.6 is 0 Å². The lowest BCUT2D eigenvalue weighted by Gasteiger charge is -2.12. The number of carbonyl (C=O) groups excluding carboxylic acids is 2. The fourth-order valence-corrected chi connectivity index (χ4v) is 3.16. The van der Waals surface area contributed by atoms with Gasteiger partial charge in [-0.2, -0.15) is 0 Å². The molecule has 0 aliphatic carbocycles. The maximum Gasteiger partial charge on any atom is 0.225 e. The lowest BCUT2D eigenvalue weighted by atomic mass is 10.1. The van der Waals surface area contributed by atoms with E-state index in [1.807, 2.05) is 12.3 Å². The number of amides is 2. The van der Waals surface area contributed by atoms with Gasteiger partial charge in [0.05, 0.1) is 12.5 Å². The van der Waals surface area contributed by atoms with Gasteiger partial charge in [0.2, 0.25) is 11.8 Å². The molecule has 2 amide bonds. The molecule has 6 heteroatoms. The van der Waals surface area contributed by atoms with E-state index in [0.717, 1.165) is 25.2 Å². The fraction of sp³-hybridized carbons (Fsp3) is 0.421. The molecule has 1 aromatic heterocycles. The van der Waals surface area contributed by atoms with Gasteiger partial charge in [-0.3, -0.25) is 9.59 Å².